The maximum Gasteiger partial charge on any atom is 0.235 e. The summed E-state index contributed by atoms with van der Waals surface area (Å²) in [4.78, 5) is 32.6. The van der Waals surface area contributed by atoms with Crippen LogP contribution in [-0.4, -0.2) is 52.7 Å². The molecule has 41 heavy (non-hydrogen) atoms. The molecule has 6 rings (SSSR count). The summed E-state index contributed by atoms with van der Waals surface area (Å²) in [5.41, 5.74) is 1.20. The van der Waals surface area contributed by atoms with Crippen molar-refractivity contribution >= 4 is 22.6 Å². The number of ether oxygens (including phenoxy) is 2. The van der Waals surface area contributed by atoms with Crippen LogP contribution in [0.25, 0.3) is 10.9 Å². The Morgan fingerprint density at radius 1 is 1.24 bits per heavy atom. The van der Waals surface area contributed by atoms with Crippen LogP contribution in [0.1, 0.15) is 46.1 Å². The van der Waals surface area contributed by atoms with E-state index in [0.29, 0.717) is 12.2 Å². The molecule has 0 unspecified atom stereocenters. The van der Waals surface area contributed by atoms with Crippen LogP contribution < -0.4 is 5.32 Å². The van der Waals surface area contributed by atoms with Gasteiger partial charge < -0.3 is 24.9 Å². The minimum atomic E-state index is -1.32. The lowest BCUT2D eigenvalue weighted by molar-refractivity contribution is -0.149. The van der Waals surface area contributed by atoms with Gasteiger partial charge in [0.15, 0.2) is 0 Å². The molecule has 0 radical (unpaired) electrons. The Balaban J connectivity index is 1.48. The zero-order valence-corrected chi connectivity index (χ0v) is 24.6. The molecule has 7 nitrogen and oxygen atoms in total. The number of epoxide rings is 1. The number of carbonyl (C=O) groups excluding carboxylic acids is 2. The number of benzene rings is 1. The van der Waals surface area contributed by atoms with Gasteiger partial charge in [-0.15, -0.1) is 0 Å². The van der Waals surface area contributed by atoms with Gasteiger partial charge in [0.1, 0.15) is 11.2 Å². The number of H-pyrrole nitrogens is 1. The molecule has 1 aromatic carbocycles. The summed E-state index contributed by atoms with van der Waals surface area (Å²) in [6, 6.07) is 7.90. The van der Waals surface area contributed by atoms with E-state index < -0.39 is 29.0 Å². The zero-order valence-electron chi connectivity index (χ0n) is 24.6. The van der Waals surface area contributed by atoms with Crippen molar-refractivity contribution in [3.63, 3.8) is 0 Å². The Labute approximate surface area is 242 Å². The summed E-state index contributed by atoms with van der Waals surface area (Å²) < 4.78 is 11.9. The maximum absolute atomic E-state index is 14.8. The smallest absolute Gasteiger partial charge is 0.235 e. The molecule has 0 bridgehead atoms. The first-order valence-electron chi connectivity index (χ1n) is 14.9. The minimum Gasteiger partial charge on any atom is -0.501 e. The number of amides is 1. The lowest BCUT2D eigenvalue weighted by Gasteiger charge is -2.46. The number of aliphatic hydroxyl groups excluding tert-OH is 1. The molecule has 3 N–H and O–H groups in total. The fraction of sp³-hybridized carbons (Fsp3) is 0.529. The van der Waals surface area contributed by atoms with Crippen molar-refractivity contribution in [3.05, 3.63) is 72.2 Å². The number of carbonyl (C=O) groups is 2. The number of Topliss-reactive ketones (excluding diaryl/α,β-unsaturated/α-hetero) is 1. The van der Waals surface area contributed by atoms with Crippen LogP contribution in [0.3, 0.4) is 0 Å². The number of nitrogens with one attached hydrogen (secondary N) is 2. The van der Waals surface area contributed by atoms with Gasteiger partial charge >= 0.3 is 0 Å². The molecule has 4 aliphatic rings. The highest BCUT2D eigenvalue weighted by Crippen LogP contribution is 2.66. The number of methoxy groups -OCH3 is 1. The van der Waals surface area contributed by atoms with Crippen molar-refractivity contribution in [2.75, 3.05) is 7.11 Å². The lowest BCUT2D eigenvalue weighted by atomic mass is 9.51. The number of aliphatic hydroxyl groups is 1. The standard InChI is InChI=1S/C34H42N2O5/c1-18-10-9-12-25-31-33(5,41-31)20(3)29-27(15-22-17-35-26-13-8-7-11-23(22)26)36-32(39)34(25,29)28(37)16-24(21(4)40-6)30(38)19(2)14-18/h7-9,11-14,17-18,20,24-25,27,29-31,35,38H,4,10,15-16H2,1-3,5-6H3,(H,36,39)/t18-,20-,24-,25-,27-,29-,30+,31-,33+,34+/m0/s1. The van der Waals surface area contributed by atoms with Crippen molar-refractivity contribution in [3.8, 4) is 0 Å². The Bertz CT molecular complexity index is 1460. The maximum atomic E-state index is 14.8. The molecule has 218 valence electrons. The van der Waals surface area contributed by atoms with Crippen molar-refractivity contribution in [2.45, 2.75) is 70.8 Å². The Hall–Kier alpha value is -3.16. The van der Waals surface area contributed by atoms with Crippen LogP contribution in [0, 0.1) is 35.0 Å². The highest BCUT2D eigenvalue weighted by atomic mass is 16.6. The number of aromatic nitrogens is 1. The van der Waals surface area contributed by atoms with Gasteiger partial charge in [-0.25, -0.2) is 0 Å². The molecule has 2 aliphatic heterocycles. The summed E-state index contributed by atoms with van der Waals surface area (Å²) in [5.74, 6) is -1.31. The molecular weight excluding hydrogens is 516 g/mol. The van der Waals surface area contributed by atoms with Crippen LogP contribution in [0.15, 0.2) is 66.6 Å². The number of allylic oxidation sites excluding steroid dienone is 2. The third-order valence-electron chi connectivity index (χ3n) is 10.7. The predicted octanol–water partition coefficient (Wildman–Crippen LogP) is 4.87. The molecule has 3 fully saturated rings. The van der Waals surface area contributed by atoms with E-state index in [2.05, 4.69) is 61.9 Å². The van der Waals surface area contributed by atoms with E-state index in [1.165, 1.54) is 7.11 Å². The third-order valence-corrected chi connectivity index (χ3v) is 10.7. The van der Waals surface area contributed by atoms with E-state index >= 15 is 0 Å². The molecule has 1 spiro atoms. The summed E-state index contributed by atoms with van der Waals surface area (Å²) in [6.07, 6.45) is 8.36. The van der Waals surface area contributed by atoms with E-state index in [-0.39, 0.29) is 48.0 Å². The van der Waals surface area contributed by atoms with Crippen LogP contribution in [0.2, 0.25) is 0 Å². The highest BCUT2D eigenvalue weighted by molar-refractivity contribution is 6.09. The predicted molar refractivity (Wildman–Crippen MR) is 158 cm³/mol. The molecule has 2 aromatic rings. The second kappa shape index (κ2) is 9.99. The van der Waals surface area contributed by atoms with Crippen LogP contribution >= 0.6 is 0 Å². The van der Waals surface area contributed by atoms with Gasteiger partial charge in [0.05, 0.1) is 36.6 Å². The molecule has 1 amide bonds. The average molecular weight is 559 g/mol. The van der Waals surface area contributed by atoms with Gasteiger partial charge in [0.25, 0.3) is 0 Å². The van der Waals surface area contributed by atoms with E-state index in [0.717, 1.165) is 28.5 Å². The van der Waals surface area contributed by atoms with E-state index in [1.807, 2.05) is 31.3 Å². The van der Waals surface area contributed by atoms with Crippen molar-refractivity contribution < 1.29 is 24.2 Å². The van der Waals surface area contributed by atoms with Gasteiger partial charge in [0.2, 0.25) is 5.91 Å². The number of aromatic amines is 1. The SMILES string of the molecule is C=C(OC)[C@@H]1CC(=O)[C@@]23C(=O)N[C@@H](Cc4c[nH]c5ccccc45)[C@@H]2[C@H](C)[C@@]2(C)O[C@H]2[C@@H]3C=CC[C@H](C)C=C(C)[C@H]1O. The molecule has 3 heterocycles. The average Bonchev–Trinajstić information content (AvgIpc) is 3.35. The molecule has 2 aliphatic carbocycles. The van der Waals surface area contributed by atoms with Crippen LogP contribution in [0.5, 0.6) is 0 Å². The number of fused-ring (bicyclic) bond motifs is 3. The second-order valence-corrected chi connectivity index (χ2v) is 13.0. The quantitative estimate of drug-likeness (QED) is 0.215. The Morgan fingerprint density at radius 2 is 2.00 bits per heavy atom. The number of ketones is 1. The van der Waals surface area contributed by atoms with Crippen LogP contribution in [0.4, 0.5) is 0 Å². The fourth-order valence-electron chi connectivity index (χ4n) is 8.35. The molecular formula is C34H42N2O5. The molecule has 10 atom stereocenters. The lowest BCUT2D eigenvalue weighted by Crippen LogP contribution is -2.58. The number of rotatable bonds is 4. The minimum absolute atomic E-state index is 0.0438. The summed E-state index contributed by atoms with van der Waals surface area (Å²) >= 11 is 0. The monoisotopic (exact) mass is 558 g/mol. The van der Waals surface area contributed by atoms with Gasteiger partial charge in [-0.05, 0) is 55.7 Å². The largest absolute Gasteiger partial charge is 0.501 e. The number of hydrogen-bond acceptors (Lipinski definition) is 5. The third kappa shape index (κ3) is 4.15. The van der Waals surface area contributed by atoms with Crippen molar-refractivity contribution in [1.29, 1.82) is 0 Å². The van der Waals surface area contributed by atoms with E-state index in [9.17, 15) is 14.7 Å². The molecule has 1 aromatic heterocycles. The van der Waals surface area contributed by atoms with Gasteiger partial charge in [0, 0.05) is 41.4 Å². The molecule has 2 saturated heterocycles. The van der Waals surface area contributed by atoms with Crippen LogP contribution in [-0.2, 0) is 25.5 Å². The van der Waals surface area contributed by atoms with Crippen molar-refractivity contribution in [2.24, 2.45) is 35.0 Å². The Kier molecular flexibility index (Phi) is 6.82. The number of hydrogen-bond donors (Lipinski definition) is 3. The first-order chi connectivity index (χ1) is 19.5. The fourth-order valence-corrected chi connectivity index (χ4v) is 8.35. The first-order valence-corrected chi connectivity index (χ1v) is 14.9. The highest BCUT2D eigenvalue weighted by Gasteiger charge is 2.78. The summed E-state index contributed by atoms with van der Waals surface area (Å²) in [6.45, 7) is 12.3. The number of para-hydroxylation sites is 1. The normalized spacial score (nSPS) is 40.4. The van der Waals surface area contributed by atoms with Gasteiger partial charge in [-0.2, -0.15) is 0 Å². The molecule has 7 heteroatoms. The summed E-state index contributed by atoms with van der Waals surface area (Å²) in [7, 11) is 1.51. The topological polar surface area (TPSA) is 104 Å². The van der Waals surface area contributed by atoms with E-state index in [1.54, 1.807) is 0 Å². The van der Waals surface area contributed by atoms with E-state index in [4.69, 9.17) is 9.47 Å². The first kappa shape index (κ1) is 28.0. The summed E-state index contributed by atoms with van der Waals surface area (Å²) in [5, 5.41) is 15.9. The molecule has 1 saturated carbocycles. The zero-order chi connectivity index (χ0) is 29.3. The van der Waals surface area contributed by atoms with Gasteiger partial charge in [-0.3, -0.25) is 9.59 Å². The van der Waals surface area contributed by atoms with Gasteiger partial charge in [-0.1, -0.05) is 56.9 Å². The van der Waals surface area contributed by atoms with Crippen molar-refractivity contribution in [1.82, 2.24) is 10.3 Å². The second-order valence-electron chi connectivity index (χ2n) is 13.0. The Morgan fingerprint density at radius 3 is 2.76 bits per heavy atom.